The molecule has 2 rings (SSSR count). The van der Waals surface area contributed by atoms with Crippen LogP contribution in [-0.4, -0.2) is 25.8 Å². The van der Waals surface area contributed by atoms with Crippen LogP contribution in [0.3, 0.4) is 0 Å². The fourth-order valence-corrected chi connectivity index (χ4v) is 1.88. The lowest BCUT2D eigenvalue weighted by atomic mass is 10.0. The van der Waals surface area contributed by atoms with Crippen molar-refractivity contribution in [1.82, 2.24) is 5.32 Å². The zero-order valence-corrected chi connectivity index (χ0v) is 9.82. The third kappa shape index (κ3) is 4.07. The van der Waals surface area contributed by atoms with E-state index < -0.39 is 0 Å². The molecule has 1 aromatic rings. The van der Waals surface area contributed by atoms with Gasteiger partial charge in [0.15, 0.2) is 0 Å². The van der Waals surface area contributed by atoms with E-state index in [1.54, 1.807) is 0 Å². The van der Waals surface area contributed by atoms with Crippen molar-refractivity contribution in [3.63, 3.8) is 0 Å². The average molecular weight is 234 g/mol. The molecule has 1 heterocycles. The molecule has 17 heavy (non-hydrogen) atoms. The second-order valence-corrected chi connectivity index (χ2v) is 4.26. The van der Waals surface area contributed by atoms with Gasteiger partial charge in [-0.05, 0) is 30.9 Å². The SMILES string of the molecule is O=C(NCC1CCOCC1)Nc1ccccc1. The molecule has 0 aromatic heterocycles. The summed E-state index contributed by atoms with van der Waals surface area (Å²) in [6.07, 6.45) is 2.07. The monoisotopic (exact) mass is 234 g/mol. The maximum atomic E-state index is 11.6. The van der Waals surface area contributed by atoms with Crippen LogP contribution in [0.5, 0.6) is 0 Å². The second-order valence-electron chi connectivity index (χ2n) is 4.26. The average Bonchev–Trinajstić information content (AvgIpc) is 2.39. The summed E-state index contributed by atoms with van der Waals surface area (Å²) >= 11 is 0. The summed E-state index contributed by atoms with van der Waals surface area (Å²) < 4.78 is 5.27. The third-order valence-corrected chi connectivity index (χ3v) is 2.92. The molecule has 4 nitrogen and oxygen atoms in total. The second kappa shape index (κ2) is 6.25. The molecule has 2 N–H and O–H groups in total. The molecule has 1 aliphatic rings. The Bertz CT molecular complexity index is 348. The predicted octanol–water partition coefficient (Wildman–Crippen LogP) is 2.23. The highest BCUT2D eigenvalue weighted by Crippen LogP contribution is 2.13. The van der Waals surface area contributed by atoms with Crippen molar-refractivity contribution in [3.8, 4) is 0 Å². The van der Waals surface area contributed by atoms with Gasteiger partial charge in [0, 0.05) is 25.4 Å². The van der Waals surface area contributed by atoms with Crippen molar-refractivity contribution in [2.75, 3.05) is 25.1 Å². The smallest absolute Gasteiger partial charge is 0.319 e. The van der Waals surface area contributed by atoms with Gasteiger partial charge in [0.25, 0.3) is 0 Å². The van der Waals surface area contributed by atoms with E-state index in [1.807, 2.05) is 30.3 Å². The van der Waals surface area contributed by atoms with Crippen LogP contribution in [0.1, 0.15) is 12.8 Å². The lowest BCUT2D eigenvalue weighted by Crippen LogP contribution is -2.35. The van der Waals surface area contributed by atoms with E-state index in [1.165, 1.54) is 0 Å². The Morgan fingerprint density at radius 3 is 2.65 bits per heavy atom. The highest BCUT2D eigenvalue weighted by molar-refractivity contribution is 5.89. The fourth-order valence-electron chi connectivity index (χ4n) is 1.88. The first-order chi connectivity index (χ1) is 8.34. The first-order valence-corrected chi connectivity index (χ1v) is 6.02. The van der Waals surface area contributed by atoms with Crippen molar-refractivity contribution < 1.29 is 9.53 Å². The first-order valence-electron chi connectivity index (χ1n) is 6.02. The summed E-state index contributed by atoms with van der Waals surface area (Å²) in [6.45, 7) is 2.35. The Balaban J connectivity index is 1.70. The lowest BCUT2D eigenvalue weighted by molar-refractivity contribution is 0.0671. The Kier molecular flexibility index (Phi) is 4.38. The van der Waals surface area contributed by atoms with Crippen molar-refractivity contribution in [3.05, 3.63) is 30.3 Å². The van der Waals surface area contributed by atoms with Gasteiger partial charge in [0.2, 0.25) is 0 Å². The number of benzene rings is 1. The number of carbonyl (C=O) groups is 1. The highest BCUT2D eigenvalue weighted by atomic mass is 16.5. The van der Waals surface area contributed by atoms with Gasteiger partial charge in [-0.2, -0.15) is 0 Å². The summed E-state index contributed by atoms with van der Waals surface area (Å²) in [7, 11) is 0. The number of ether oxygens (including phenoxy) is 1. The van der Waals surface area contributed by atoms with Crippen LogP contribution < -0.4 is 10.6 Å². The molecule has 4 heteroatoms. The van der Waals surface area contributed by atoms with Gasteiger partial charge in [-0.25, -0.2) is 4.79 Å². The number of amides is 2. The molecule has 0 saturated carbocycles. The summed E-state index contributed by atoms with van der Waals surface area (Å²) in [5, 5.41) is 5.70. The van der Waals surface area contributed by atoms with E-state index in [2.05, 4.69) is 10.6 Å². The fraction of sp³-hybridized carbons (Fsp3) is 0.462. The number of urea groups is 1. The topological polar surface area (TPSA) is 50.4 Å². The molecule has 0 aliphatic carbocycles. The number of hydrogen-bond acceptors (Lipinski definition) is 2. The number of para-hydroxylation sites is 1. The molecule has 1 saturated heterocycles. The van der Waals surface area contributed by atoms with E-state index in [-0.39, 0.29) is 6.03 Å². The molecular formula is C13H18N2O2. The number of hydrogen-bond donors (Lipinski definition) is 2. The van der Waals surface area contributed by atoms with Gasteiger partial charge in [-0.15, -0.1) is 0 Å². The molecule has 0 bridgehead atoms. The third-order valence-electron chi connectivity index (χ3n) is 2.92. The van der Waals surface area contributed by atoms with E-state index in [9.17, 15) is 4.79 Å². The first kappa shape index (κ1) is 11.9. The molecule has 0 spiro atoms. The molecular weight excluding hydrogens is 216 g/mol. The van der Waals surface area contributed by atoms with E-state index in [4.69, 9.17) is 4.74 Å². The maximum absolute atomic E-state index is 11.6. The van der Waals surface area contributed by atoms with E-state index in [0.717, 1.165) is 38.3 Å². The lowest BCUT2D eigenvalue weighted by Gasteiger charge is -2.22. The van der Waals surface area contributed by atoms with Gasteiger partial charge in [-0.1, -0.05) is 18.2 Å². The predicted molar refractivity (Wildman–Crippen MR) is 67.0 cm³/mol. The van der Waals surface area contributed by atoms with Crippen molar-refractivity contribution >= 4 is 11.7 Å². The number of carbonyl (C=O) groups excluding carboxylic acids is 1. The van der Waals surface area contributed by atoms with Gasteiger partial charge in [-0.3, -0.25) is 0 Å². The number of anilines is 1. The van der Waals surface area contributed by atoms with Crippen LogP contribution in [0.2, 0.25) is 0 Å². The number of rotatable bonds is 3. The van der Waals surface area contributed by atoms with Crippen LogP contribution in [0.4, 0.5) is 10.5 Å². The minimum absolute atomic E-state index is 0.136. The quantitative estimate of drug-likeness (QED) is 0.842. The Hall–Kier alpha value is -1.55. The van der Waals surface area contributed by atoms with Crippen LogP contribution >= 0.6 is 0 Å². The summed E-state index contributed by atoms with van der Waals surface area (Å²) in [4.78, 5) is 11.6. The summed E-state index contributed by atoms with van der Waals surface area (Å²) in [5.41, 5.74) is 0.817. The molecule has 0 unspecified atom stereocenters. The maximum Gasteiger partial charge on any atom is 0.319 e. The van der Waals surface area contributed by atoms with Gasteiger partial charge in [0.1, 0.15) is 0 Å². The van der Waals surface area contributed by atoms with Gasteiger partial charge >= 0.3 is 6.03 Å². The zero-order valence-electron chi connectivity index (χ0n) is 9.82. The minimum Gasteiger partial charge on any atom is -0.381 e. The van der Waals surface area contributed by atoms with Crippen molar-refractivity contribution in [2.24, 2.45) is 5.92 Å². The van der Waals surface area contributed by atoms with E-state index in [0.29, 0.717) is 5.92 Å². The molecule has 0 radical (unpaired) electrons. The van der Waals surface area contributed by atoms with Gasteiger partial charge < -0.3 is 15.4 Å². The standard InChI is InChI=1S/C13H18N2O2/c16-13(15-12-4-2-1-3-5-12)14-10-11-6-8-17-9-7-11/h1-5,11H,6-10H2,(H2,14,15,16). The summed E-state index contributed by atoms with van der Waals surface area (Å²) in [5.74, 6) is 0.547. The van der Waals surface area contributed by atoms with E-state index >= 15 is 0 Å². The molecule has 92 valence electrons. The molecule has 2 amide bonds. The zero-order chi connectivity index (χ0) is 11.9. The minimum atomic E-state index is -0.136. The number of nitrogens with one attached hydrogen (secondary N) is 2. The highest BCUT2D eigenvalue weighted by Gasteiger charge is 2.14. The van der Waals surface area contributed by atoms with Crippen molar-refractivity contribution in [2.45, 2.75) is 12.8 Å². The van der Waals surface area contributed by atoms with Crippen LogP contribution in [-0.2, 0) is 4.74 Å². The summed E-state index contributed by atoms with van der Waals surface area (Å²) in [6, 6.07) is 9.32. The normalized spacial score (nSPS) is 16.5. The van der Waals surface area contributed by atoms with Crippen molar-refractivity contribution in [1.29, 1.82) is 0 Å². The van der Waals surface area contributed by atoms with Gasteiger partial charge in [0.05, 0.1) is 0 Å². The Morgan fingerprint density at radius 2 is 1.94 bits per heavy atom. The van der Waals surface area contributed by atoms with Crippen LogP contribution in [0, 0.1) is 5.92 Å². The largest absolute Gasteiger partial charge is 0.381 e. The molecule has 1 fully saturated rings. The van der Waals surface area contributed by atoms with Crippen LogP contribution in [0.15, 0.2) is 30.3 Å². The van der Waals surface area contributed by atoms with Crippen LogP contribution in [0.25, 0.3) is 0 Å². The molecule has 1 aliphatic heterocycles. The molecule has 1 aromatic carbocycles. The Morgan fingerprint density at radius 1 is 1.24 bits per heavy atom. The molecule has 0 atom stereocenters. The Labute approximate surface area is 101 Å².